The van der Waals surface area contributed by atoms with E-state index in [2.05, 4.69) is 5.32 Å². The molecule has 0 saturated heterocycles. The number of carbonyl (C=O) groups excluding carboxylic acids is 1. The van der Waals surface area contributed by atoms with E-state index in [9.17, 15) is 23.5 Å². The standard InChI is InChI=1S/C17H16F2N2O3/c18-12-7-6-10(8-13(12)19)9-14(17(23)24)21-16(22)15(20)11-4-2-1-3-5-11/h1-8,14-15H,9,20H2,(H,21,22)(H,23,24)/t14-,15-/m0/s1. The van der Waals surface area contributed by atoms with Gasteiger partial charge in [-0.3, -0.25) is 4.79 Å². The van der Waals surface area contributed by atoms with Crippen molar-refractivity contribution in [1.29, 1.82) is 0 Å². The molecule has 1 amide bonds. The van der Waals surface area contributed by atoms with Gasteiger partial charge in [0.25, 0.3) is 0 Å². The molecule has 0 radical (unpaired) electrons. The lowest BCUT2D eigenvalue weighted by molar-refractivity contribution is -0.142. The van der Waals surface area contributed by atoms with Crippen molar-refractivity contribution < 1.29 is 23.5 Å². The summed E-state index contributed by atoms with van der Waals surface area (Å²) in [7, 11) is 0. The Labute approximate surface area is 137 Å². The lowest BCUT2D eigenvalue weighted by Gasteiger charge is -2.18. The van der Waals surface area contributed by atoms with Crippen LogP contribution in [0.5, 0.6) is 0 Å². The Morgan fingerprint density at radius 2 is 1.75 bits per heavy atom. The van der Waals surface area contributed by atoms with E-state index < -0.39 is 35.6 Å². The van der Waals surface area contributed by atoms with Gasteiger partial charge in [0.15, 0.2) is 11.6 Å². The smallest absolute Gasteiger partial charge is 0.326 e. The minimum Gasteiger partial charge on any atom is -0.480 e. The van der Waals surface area contributed by atoms with E-state index in [0.717, 1.165) is 12.1 Å². The quantitative estimate of drug-likeness (QED) is 0.751. The molecule has 0 spiro atoms. The van der Waals surface area contributed by atoms with Crippen molar-refractivity contribution in [3.8, 4) is 0 Å². The highest BCUT2D eigenvalue weighted by Crippen LogP contribution is 2.13. The van der Waals surface area contributed by atoms with Crippen molar-refractivity contribution in [2.24, 2.45) is 5.73 Å². The first kappa shape index (κ1) is 17.6. The van der Waals surface area contributed by atoms with Gasteiger partial charge in [0.2, 0.25) is 5.91 Å². The first-order valence-corrected chi connectivity index (χ1v) is 7.16. The average Bonchev–Trinajstić information content (AvgIpc) is 2.57. The third-order valence-corrected chi connectivity index (χ3v) is 3.48. The molecule has 5 nitrogen and oxygen atoms in total. The van der Waals surface area contributed by atoms with Gasteiger partial charge in [0.1, 0.15) is 12.1 Å². The molecule has 0 aliphatic rings. The van der Waals surface area contributed by atoms with Gasteiger partial charge in [-0.15, -0.1) is 0 Å². The highest BCUT2D eigenvalue weighted by Gasteiger charge is 2.24. The summed E-state index contributed by atoms with van der Waals surface area (Å²) in [5.41, 5.74) is 6.59. The van der Waals surface area contributed by atoms with Gasteiger partial charge in [0.05, 0.1) is 0 Å². The third-order valence-electron chi connectivity index (χ3n) is 3.48. The Balaban J connectivity index is 2.09. The average molecular weight is 334 g/mol. The number of carbonyl (C=O) groups is 2. The van der Waals surface area contributed by atoms with Gasteiger partial charge in [0, 0.05) is 6.42 Å². The van der Waals surface area contributed by atoms with Crippen LogP contribution in [-0.4, -0.2) is 23.0 Å². The molecule has 7 heteroatoms. The topological polar surface area (TPSA) is 92.4 Å². The number of hydrogen-bond acceptors (Lipinski definition) is 3. The van der Waals surface area contributed by atoms with Gasteiger partial charge in [-0.1, -0.05) is 36.4 Å². The molecule has 2 aromatic carbocycles. The molecule has 0 bridgehead atoms. The molecule has 126 valence electrons. The van der Waals surface area contributed by atoms with Crippen molar-refractivity contribution in [3.63, 3.8) is 0 Å². The number of carboxylic acids is 1. The summed E-state index contributed by atoms with van der Waals surface area (Å²) in [6, 6.07) is 9.20. The van der Waals surface area contributed by atoms with E-state index in [0.29, 0.717) is 5.56 Å². The van der Waals surface area contributed by atoms with Crippen LogP contribution in [0.25, 0.3) is 0 Å². The second kappa shape index (κ2) is 7.65. The lowest BCUT2D eigenvalue weighted by Crippen LogP contribution is -2.46. The van der Waals surface area contributed by atoms with Crippen LogP contribution >= 0.6 is 0 Å². The molecule has 4 N–H and O–H groups in total. The Hall–Kier alpha value is -2.80. The monoisotopic (exact) mass is 334 g/mol. The summed E-state index contributed by atoms with van der Waals surface area (Å²) in [4.78, 5) is 23.5. The summed E-state index contributed by atoms with van der Waals surface area (Å²) in [5.74, 6) is -4.07. The SMILES string of the molecule is N[C@H](C(=O)N[C@@H](Cc1ccc(F)c(F)c1)C(=O)O)c1ccccc1. The van der Waals surface area contributed by atoms with Crippen molar-refractivity contribution in [2.75, 3.05) is 0 Å². The maximum absolute atomic E-state index is 13.2. The number of aliphatic carboxylic acids is 1. The zero-order chi connectivity index (χ0) is 17.7. The highest BCUT2D eigenvalue weighted by atomic mass is 19.2. The van der Waals surface area contributed by atoms with E-state index >= 15 is 0 Å². The van der Waals surface area contributed by atoms with Gasteiger partial charge in [-0.2, -0.15) is 0 Å². The van der Waals surface area contributed by atoms with E-state index in [4.69, 9.17) is 5.73 Å². The minimum atomic E-state index is -1.31. The fourth-order valence-corrected chi connectivity index (χ4v) is 2.18. The van der Waals surface area contributed by atoms with Crippen LogP contribution in [-0.2, 0) is 16.0 Å². The summed E-state index contributed by atoms with van der Waals surface area (Å²) < 4.78 is 26.1. The normalized spacial score (nSPS) is 13.1. The first-order chi connectivity index (χ1) is 11.4. The summed E-state index contributed by atoms with van der Waals surface area (Å²) >= 11 is 0. The molecule has 0 saturated carbocycles. The van der Waals surface area contributed by atoms with E-state index in [-0.39, 0.29) is 12.0 Å². The fourth-order valence-electron chi connectivity index (χ4n) is 2.18. The Bertz CT molecular complexity index is 738. The molecule has 0 fully saturated rings. The number of nitrogens with two attached hydrogens (primary N) is 1. The van der Waals surface area contributed by atoms with E-state index in [1.807, 2.05) is 0 Å². The summed E-state index contributed by atoms with van der Waals surface area (Å²) in [6.07, 6.45) is -0.195. The second-order valence-corrected chi connectivity index (χ2v) is 5.24. The Morgan fingerprint density at radius 1 is 1.08 bits per heavy atom. The zero-order valence-electron chi connectivity index (χ0n) is 12.6. The van der Waals surface area contributed by atoms with Gasteiger partial charge < -0.3 is 16.2 Å². The molecule has 2 rings (SSSR count). The Morgan fingerprint density at radius 3 is 2.33 bits per heavy atom. The molecule has 2 atom stereocenters. The highest BCUT2D eigenvalue weighted by molar-refractivity contribution is 5.87. The van der Waals surface area contributed by atoms with E-state index in [1.165, 1.54) is 6.07 Å². The number of hydrogen-bond donors (Lipinski definition) is 3. The van der Waals surface area contributed by atoms with Crippen molar-refractivity contribution in [1.82, 2.24) is 5.32 Å². The summed E-state index contributed by atoms with van der Waals surface area (Å²) in [5, 5.41) is 11.6. The molecule has 24 heavy (non-hydrogen) atoms. The zero-order valence-corrected chi connectivity index (χ0v) is 12.6. The molecule has 2 aromatic rings. The molecular formula is C17H16F2N2O3. The second-order valence-electron chi connectivity index (χ2n) is 5.24. The predicted molar refractivity (Wildman–Crippen MR) is 83.0 cm³/mol. The molecule has 0 aliphatic carbocycles. The molecular weight excluding hydrogens is 318 g/mol. The number of benzene rings is 2. The molecule has 0 unspecified atom stereocenters. The summed E-state index contributed by atoms with van der Waals surface area (Å²) in [6.45, 7) is 0. The van der Waals surface area contributed by atoms with Crippen molar-refractivity contribution in [3.05, 3.63) is 71.3 Å². The Kier molecular flexibility index (Phi) is 5.59. The first-order valence-electron chi connectivity index (χ1n) is 7.16. The molecule has 0 aromatic heterocycles. The largest absolute Gasteiger partial charge is 0.480 e. The van der Waals surface area contributed by atoms with Gasteiger partial charge >= 0.3 is 5.97 Å². The maximum atomic E-state index is 13.2. The third kappa shape index (κ3) is 4.36. The number of amides is 1. The number of halogens is 2. The maximum Gasteiger partial charge on any atom is 0.326 e. The van der Waals surface area contributed by atoms with Crippen LogP contribution in [0.4, 0.5) is 8.78 Å². The van der Waals surface area contributed by atoms with Crippen molar-refractivity contribution in [2.45, 2.75) is 18.5 Å². The van der Waals surface area contributed by atoms with E-state index in [1.54, 1.807) is 30.3 Å². The fraction of sp³-hybridized carbons (Fsp3) is 0.176. The lowest BCUT2D eigenvalue weighted by atomic mass is 10.0. The van der Waals surface area contributed by atoms with Crippen LogP contribution in [0, 0.1) is 11.6 Å². The van der Waals surface area contributed by atoms with Gasteiger partial charge in [-0.05, 0) is 23.3 Å². The predicted octanol–water partition coefficient (Wildman–Crippen LogP) is 1.78. The molecule has 0 aliphatic heterocycles. The van der Waals surface area contributed by atoms with Crippen molar-refractivity contribution >= 4 is 11.9 Å². The van der Waals surface area contributed by atoms with Crippen LogP contribution in [0.2, 0.25) is 0 Å². The van der Waals surface area contributed by atoms with Crippen LogP contribution in [0.3, 0.4) is 0 Å². The minimum absolute atomic E-state index is 0.195. The van der Waals surface area contributed by atoms with Crippen LogP contribution in [0.15, 0.2) is 48.5 Å². The number of rotatable bonds is 6. The number of nitrogens with one attached hydrogen (secondary N) is 1. The van der Waals surface area contributed by atoms with Crippen LogP contribution in [0.1, 0.15) is 17.2 Å². The van der Waals surface area contributed by atoms with Gasteiger partial charge in [-0.25, -0.2) is 13.6 Å². The van der Waals surface area contributed by atoms with Crippen LogP contribution < -0.4 is 11.1 Å². The number of carboxylic acid groups (broad SMARTS) is 1. The molecule has 0 heterocycles.